The first-order chi connectivity index (χ1) is 17.8. The largest absolute Gasteiger partial charge is 2.00 e. The van der Waals surface area contributed by atoms with Gasteiger partial charge in [-0.3, -0.25) is 0 Å². The van der Waals surface area contributed by atoms with Crippen LogP contribution in [-0.2, 0) is 49.9 Å². The summed E-state index contributed by atoms with van der Waals surface area (Å²) in [6.07, 6.45) is 27.7. The van der Waals surface area contributed by atoms with E-state index in [1.54, 1.807) is 0 Å². The average molecular weight is 626 g/mol. The molecule has 0 fully saturated rings. The maximum Gasteiger partial charge on any atom is 2.00 e. The third-order valence-corrected chi connectivity index (χ3v) is 8.86. The third kappa shape index (κ3) is 30.8. The molecule has 0 N–H and O–H groups in total. The van der Waals surface area contributed by atoms with Gasteiger partial charge in [0.25, 0.3) is 0 Å². The number of rotatable bonds is 30. The summed E-state index contributed by atoms with van der Waals surface area (Å²) in [7, 11) is -9.27. The molecule has 1 radical (unpaired) electrons. The Morgan fingerprint density at radius 2 is 0.579 bits per heavy atom. The number of unbranched alkanes of at least 4 members (excludes halogenated alkanes) is 22. The molecule has 0 aromatic heterocycles. The predicted octanol–water partition coefficient (Wildman–Crippen LogP) is 8.93. The van der Waals surface area contributed by atoms with Gasteiger partial charge in [0.2, 0.25) is 0 Å². The quantitative estimate of drug-likeness (QED) is 0.0581. The van der Waals surface area contributed by atoms with Crippen molar-refractivity contribution in [3.8, 4) is 0 Å². The van der Waals surface area contributed by atoms with Crippen molar-refractivity contribution in [1.82, 2.24) is 0 Å². The van der Waals surface area contributed by atoms with Gasteiger partial charge in [-0.05, 0) is 12.8 Å². The fourth-order valence-electron chi connectivity index (χ4n) is 4.35. The van der Waals surface area contributed by atoms with E-state index >= 15 is 0 Å². The van der Waals surface area contributed by atoms with Crippen LogP contribution in [0.15, 0.2) is 0 Å². The Hall–Kier alpha value is 0.299. The molecule has 38 heavy (non-hydrogen) atoms. The standard InChI is InChI=1S/C28H58O7S2.Mn/c1-3-5-7-9-11-13-15-17-19-21-23-25-27-33-36(29,30)35-37(31,32)34-28-26-24-22-20-18-16-14-12-10-8-6-4-2;/h3-28H2,1-2H3;/q;+2. The molecule has 0 aliphatic rings. The SMILES string of the molecule is CCCCCCCCCCCCCCOS(=O)(=O)OS(=O)(=O)OCCCCCCCCCCCCCC.[Mn+2]. The van der Waals surface area contributed by atoms with Crippen LogP contribution in [-0.4, -0.2) is 30.0 Å². The van der Waals surface area contributed by atoms with Crippen LogP contribution in [0.2, 0.25) is 0 Å². The molecule has 0 spiro atoms. The second kappa shape index (κ2) is 28.8. The molecule has 0 saturated heterocycles. The molecular weight excluding hydrogens is 567 g/mol. The molecule has 0 rings (SSSR count). The Labute approximate surface area is 247 Å². The fourth-order valence-corrected chi connectivity index (χ4v) is 6.12. The Kier molecular flexibility index (Phi) is 30.7. The summed E-state index contributed by atoms with van der Waals surface area (Å²) in [5.74, 6) is 0. The smallest absolute Gasteiger partial charge is 0.247 e. The van der Waals surface area contributed by atoms with E-state index < -0.39 is 20.8 Å². The van der Waals surface area contributed by atoms with Gasteiger partial charge in [0, 0.05) is 0 Å². The van der Waals surface area contributed by atoms with Crippen LogP contribution in [0.4, 0.5) is 0 Å². The minimum atomic E-state index is -4.63. The van der Waals surface area contributed by atoms with Gasteiger partial charge in [0.1, 0.15) is 0 Å². The van der Waals surface area contributed by atoms with Gasteiger partial charge in [-0.1, -0.05) is 155 Å². The number of hydrogen-bond donors (Lipinski definition) is 0. The third-order valence-electron chi connectivity index (χ3n) is 6.62. The van der Waals surface area contributed by atoms with Crippen molar-refractivity contribution in [3.63, 3.8) is 0 Å². The van der Waals surface area contributed by atoms with Gasteiger partial charge >= 0.3 is 37.9 Å². The molecule has 0 amide bonds. The fraction of sp³-hybridized carbons (Fsp3) is 1.00. The minimum absolute atomic E-state index is 0. The summed E-state index contributed by atoms with van der Waals surface area (Å²) in [5, 5.41) is 0. The molecule has 7 nitrogen and oxygen atoms in total. The van der Waals surface area contributed by atoms with Crippen molar-refractivity contribution < 1.29 is 45.9 Å². The zero-order chi connectivity index (χ0) is 27.5. The average Bonchev–Trinajstić information content (AvgIpc) is 2.84. The van der Waals surface area contributed by atoms with Gasteiger partial charge in [-0.2, -0.15) is 16.8 Å². The van der Waals surface area contributed by atoms with Gasteiger partial charge in [-0.15, -0.1) is 3.63 Å². The van der Waals surface area contributed by atoms with E-state index in [2.05, 4.69) is 25.8 Å². The first-order valence-electron chi connectivity index (χ1n) is 15.3. The molecule has 0 heterocycles. The van der Waals surface area contributed by atoms with E-state index in [9.17, 15) is 16.8 Å². The van der Waals surface area contributed by atoms with Crippen LogP contribution in [0.5, 0.6) is 0 Å². The van der Waals surface area contributed by atoms with Crippen molar-refractivity contribution >= 4 is 20.8 Å². The van der Waals surface area contributed by atoms with Crippen molar-refractivity contribution in [2.45, 2.75) is 168 Å². The molecule has 0 saturated carbocycles. The molecule has 0 aliphatic heterocycles. The van der Waals surface area contributed by atoms with E-state index in [4.69, 9.17) is 0 Å². The van der Waals surface area contributed by atoms with E-state index in [0.717, 1.165) is 38.5 Å². The predicted molar refractivity (Wildman–Crippen MR) is 153 cm³/mol. The summed E-state index contributed by atoms with van der Waals surface area (Å²) >= 11 is 0. The molecule has 229 valence electrons. The van der Waals surface area contributed by atoms with Crippen molar-refractivity contribution in [2.75, 3.05) is 13.2 Å². The van der Waals surface area contributed by atoms with Gasteiger partial charge in [0.15, 0.2) is 0 Å². The molecule has 0 aromatic rings. The summed E-state index contributed by atoms with van der Waals surface area (Å²) in [6, 6.07) is 0. The number of hydrogen-bond acceptors (Lipinski definition) is 7. The van der Waals surface area contributed by atoms with E-state index in [1.807, 2.05) is 0 Å². The summed E-state index contributed by atoms with van der Waals surface area (Å²) in [4.78, 5) is 0. The topological polar surface area (TPSA) is 96.0 Å². The van der Waals surface area contributed by atoms with Gasteiger partial charge < -0.3 is 0 Å². The first-order valence-corrected chi connectivity index (χ1v) is 18.0. The van der Waals surface area contributed by atoms with E-state index in [1.165, 1.54) is 103 Å². The summed E-state index contributed by atoms with van der Waals surface area (Å²) in [6.45, 7) is 4.28. The molecule has 0 atom stereocenters. The second-order valence-corrected chi connectivity index (χ2v) is 13.0. The molecule has 0 bridgehead atoms. The minimum Gasteiger partial charge on any atom is -0.247 e. The van der Waals surface area contributed by atoms with Crippen LogP contribution in [0, 0.1) is 0 Å². The normalized spacial score (nSPS) is 12.1. The molecular formula is C28H58MnO7S2+2. The van der Waals surface area contributed by atoms with Crippen LogP contribution in [0.25, 0.3) is 0 Å². The molecule has 10 heteroatoms. The Balaban J connectivity index is 0. The van der Waals surface area contributed by atoms with E-state index in [0.29, 0.717) is 12.8 Å². The van der Waals surface area contributed by atoms with Gasteiger partial charge in [-0.25, -0.2) is 8.37 Å². The molecule has 0 aliphatic carbocycles. The van der Waals surface area contributed by atoms with Crippen LogP contribution in [0.3, 0.4) is 0 Å². The molecule has 0 aromatic carbocycles. The zero-order valence-electron chi connectivity index (χ0n) is 24.4. The maximum atomic E-state index is 11.8. The Morgan fingerprint density at radius 3 is 0.816 bits per heavy atom. The molecule has 0 unspecified atom stereocenters. The summed E-state index contributed by atoms with van der Waals surface area (Å²) < 4.78 is 60.6. The van der Waals surface area contributed by atoms with Crippen molar-refractivity contribution in [1.29, 1.82) is 0 Å². The van der Waals surface area contributed by atoms with Crippen LogP contribution < -0.4 is 0 Å². The second-order valence-electron chi connectivity index (χ2n) is 10.3. The maximum absolute atomic E-state index is 11.8. The Morgan fingerprint density at radius 1 is 0.368 bits per heavy atom. The van der Waals surface area contributed by atoms with Crippen molar-refractivity contribution in [3.05, 3.63) is 0 Å². The van der Waals surface area contributed by atoms with Crippen LogP contribution in [0.1, 0.15) is 168 Å². The van der Waals surface area contributed by atoms with Crippen molar-refractivity contribution in [2.24, 2.45) is 0 Å². The van der Waals surface area contributed by atoms with Crippen LogP contribution >= 0.6 is 0 Å². The van der Waals surface area contributed by atoms with Gasteiger partial charge in [0.05, 0.1) is 13.2 Å². The van der Waals surface area contributed by atoms with E-state index in [-0.39, 0.29) is 30.3 Å². The summed E-state index contributed by atoms with van der Waals surface area (Å²) in [5.41, 5.74) is 0. The first kappa shape index (κ1) is 40.4. The monoisotopic (exact) mass is 625 g/mol. The Bertz CT molecular complexity index is 627. The zero-order valence-corrected chi connectivity index (χ0v) is 27.3.